The molecule has 0 aliphatic carbocycles. The summed E-state index contributed by atoms with van der Waals surface area (Å²) in [4.78, 5) is 15.4. The van der Waals surface area contributed by atoms with Crippen molar-refractivity contribution < 1.29 is 4.39 Å². The van der Waals surface area contributed by atoms with E-state index in [-0.39, 0.29) is 5.82 Å². The molecular formula is C21H25FN6. The van der Waals surface area contributed by atoms with E-state index >= 15 is 0 Å². The first-order valence-corrected chi connectivity index (χ1v) is 9.23. The molecule has 0 fully saturated rings. The topological polar surface area (TPSA) is 66.0 Å². The Labute approximate surface area is 164 Å². The minimum atomic E-state index is -0.254. The number of nitrogens with zero attached hydrogens (tertiary/aromatic N) is 4. The standard InChI is InChI=1S/C21H25FN6/c1-15-17(22)6-4-7-18(15)25-20-14-19(16-8-11-23-12-9-16)26-21(27-20)24-10-5-13-28(2)3/h4,6-9,11-12,14H,5,10,13H2,1-3H3,(H2,24,25,26,27). The van der Waals surface area contributed by atoms with Crippen LogP contribution in [0.4, 0.5) is 21.8 Å². The monoisotopic (exact) mass is 380 g/mol. The van der Waals surface area contributed by atoms with E-state index in [0.29, 0.717) is 23.0 Å². The van der Waals surface area contributed by atoms with E-state index in [4.69, 9.17) is 0 Å². The molecule has 0 saturated carbocycles. The van der Waals surface area contributed by atoms with Crippen molar-refractivity contribution in [2.24, 2.45) is 0 Å². The van der Waals surface area contributed by atoms with Crippen molar-refractivity contribution in [1.29, 1.82) is 0 Å². The van der Waals surface area contributed by atoms with E-state index < -0.39 is 0 Å². The van der Waals surface area contributed by atoms with Gasteiger partial charge in [0.1, 0.15) is 11.6 Å². The van der Waals surface area contributed by atoms with E-state index in [2.05, 4.69) is 30.5 Å². The Morgan fingerprint density at radius 1 is 1.07 bits per heavy atom. The Morgan fingerprint density at radius 2 is 1.86 bits per heavy atom. The Hall–Kier alpha value is -3.06. The highest BCUT2D eigenvalue weighted by atomic mass is 19.1. The largest absolute Gasteiger partial charge is 0.354 e. The van der Waals surface area contributed by atoms with Crippen molar-refractivity contribution in [3.63, 3.8) is 0 Å². The van der Waals surface area contributed by atoms with Crippen LogP contribution in [-0.2, 0) is 0 Å². The Kier molecular flexibility index (Phi) is 6.49. The second-order valence-corrected chi connectivity index (χ2v) is 6.82. The SMILES string of the molecule is Cc1c(F)cccc1Nc1cc(-c2ccncc2)nc(NCCCN(C)C)n1. The van der Waals surface area contributed by atoms with Crippen LogP contribution in [0, 0.1) is 12.7 Å². The van der Waals surface area contributed by atoms with Crippen LogP contribution >= 0.6 is 0 Å². The van der Waals surface area contributed by atoms with Gasteiger partial charge in [0.05, 0.1) is 5.69 Å². The summed E-state index contributed by atoms with van der Waals surface area (Å²) in [6.07, 6.45) is 4.43. The minimum Gasteiger partial charge on any atom is -0.354 e. The summed E-state index contributed by atoms with van der Waals surface area (Å²) in [7, 11) is 4.09. The molecule has 3 rings (SSSR count). The molecule has 28 heavy (non-hydrogen) atoms. The van der Waals surface area contributed by atoms with Crippen molar-refractivity contribution in [3.05, 3.63) is 60.2 Å². The van der Waals surface area contributed by atoms with Crippen molar-refractivity contribution in [2.75, 3.05) is 37.8 Å². The number of aromatic nitrogens is 3. The predicted octanol–water partition coefficient (Wildman–Crippen LogP) is 4.09. The maximum absolute atomic E-state index is 13.9. The number of hydrogen-bond acceptors (Lipinski definition) is 6. The van der Waals surface area contributed by atoms with Crippen LogP contribution in [0.5, 0.6) is 0 Å². The van der Waals surface area contributed by atoms with Gasteiger partial charge in [-0.05, 0) is 58.3 Å². The van der Waals surface area contributed by atoms with Gasteiger partial charge in [-0.25, -0.2) is 9.37 Å². The molecule has 0 unspecified atom stereocenters. The summed E-state index contributed by atoms with van der Waals surface area (Å²) >= 11 is 0. The lowest BCUT2D eigenvalue weighted by Gasteiger charge is -2.14. The number of nitrogens with one attached hydrogen (secondary N) is 2. The van der Waals surface area contributed by atoms with Crippen molar-refractivity contribution >= 4 is 17.5 Å². The summed E-state index contributed by atoms with van der Waals surface area (Å²) in [6.45, 7) is 3.48. The smallest absolute Gasteiger partial charge is 0.225 e. The Balaban J connectivity index is 1.87. The minimum absolute atomic E-state index is 0.254. The molecule has 0 aliphatic rings. The van der Waals surface area contributed by atoms with Crippen LogP contribution < -0.4 is 10.6 Å². The van der Waals surface area contributed by atoms with Gasteiger partial charge in [0.25, 0.3) is 0 Å². The third kappa shape index (κ3) is 5.23. The number of hydrogen-bond donors (Lipinski definition) is 2. The molecule has 1 aromatic carbocycles. The van der Waals surface area contributed by atoms with Gasteiger partial charge < -0.3 is 15.5 Å². The molecule has 7 heteroatoms. The van der Waals surface area contributed by atoms with Gasteiger partial charge in [0.15, 0.2) is 0 Å². The maximum atomic E-state index is 13.9. The Bertz CT molecular complexity index is 914. The number of rotatable bonds is 8. The zero-order valence-corrected chi connectivity index (χ0v) is 16.4. The van der Waals surface area contributed by atoms with Gasteiger partial charge in [-0.2, -0.15) is 4.98 Å². The lowest BCUT2D eigenvalue weighted by Crippen LogP contribution is -2.17. The van der Waals surface area contributed by atoms with Gasteiger partial charge in [-0.3, -0.25) is 4.98 Å². The van der Waals surface area contributed by atoms with Gasteiger partial charge in [-0.15, -0.1) is 0 Å². The zero-order valence-electron chi connectivity index (χ0n) is 16.4. The third-order valence-corrected chi connectivity index (χ3v) is 4.30. The van der Waals surface area contributed by atoms with Crippen molar-refractivity contribution in [3.8, 4) is 11.3 Å². The average molecular weight is 380 g/mol. The molecule has 0 atom stereocenters. The number of benzene rings is 1. The van der Waals surface area contributed by atoms with E-state index in [1.807, 2.05) is 38.4 Å². The number of pyridine rings is 1. The molecule has 0 radical (unpaired) electrons. The van der Waals surface area contributed by atoms with Crippen LogP contribution in [0.3, 0.4) is 0 Å². The molecule has 2 heterocycles. The first kappa shape index (κ1) is 19.7. The molecule has 0 aliphatic heterocycles. The molecule has 0 saturated heterocycles. The maximum Gasteiger partial charge on any atom is 0.225 e. The fraction of sp³-hybridized carbons (Fsp3) is 0.286. The number of halogens is 1. The molecule has 2 aromatic heterocycles. The lowest BCUT2D eigenvalue weighted by molar-refractivity contribution is 0.405. The lowest BCUT2D eigenvalue weighted by atomic mass is 10.1. The summed E-state index contributed by atoms with van der Waals surface area (Å²) in [6, 6.07) is 10.6. The molecule has 2 N–H and O–H groups in total. The summed E-state index contributed by atoms with van der Waals surface area (Å²) in [5.41, 5.74) is 2.93. The number of anilines is 3. The molecule has 146 valence electrons. The van der Waals surface area contributed by atoms with E-state index in [9.17, 15) is 4.39 Å². The molecule has 0 spiro atoms. The van der Waals surface area contributed by atoms with Gasteiger partial charge in [0, 0.05) is 41.8 Å². The van der Waals surface area contributed by atoms with Gasteiger partial charge >= 0.3 is 0 Å². The first-order valence-electron chi connectivity index (χ1n) is 9.23. The fourth-order valence-electron chi connectivity index (χ4n) is 2.74. The highest BCUT2D eigenvalue weighted by Gasteiger charge is 2.09. The van der Waals surface area contributed by atoms with Gasteiger partial charge in [-0.1, -0.05) is 6.07 Å². The van der Waals surface area contributed by atoms with Crippen LogP contribution in [0.1, 0.15) is 12.0 Å². The average Bonchev–Trinajstić information content (AvgIpc) is 2.69. The summed E-state index contributed by atoms with van der Waals surface area (Å²) < 4.78 is 13.9. The fourth-order valence-corrected chi connectivity index (χ4v) is 2.74. The van der Waals surface area contributed by atoms with Crippen molar-refractivity contribution in [1.82, 2.24) is 19.9 Å². The normalized spacial score (nSPS) is 10.9. The second-order valence-electron chi connectivity index (χ2n) is 6.82. The highest BCUT2D eigenvalue weighted by molar-refractivity contribution is 5.68. The zero-order chi connectivity index (χ0) is 19.9. The van der Waals surface area contributed by atoms with Crippen LogP contribution in [0.15, 0.2) is 48.8 Å². The predicted molar refractivity (Wildman–Crippen MR) is 111 cm³/mol. The quantitative estimate of drug-likeness (QED) is 0.574. The van der Waals surface area contributed by atoms with Crippen molar-refractivity contribution in [2.45, 2.75) is 13.3 Å². The molecule has 0 amide bonds. The molecular weight excluding hydrogens is 355 g/mol. The first-order chi connectivity index (χ1) is 13.5. The van der Waals surface area contributed by atoms with Crippen LogP contribution in [0.25, 0.3) is 11.3 Å². The summed E-state index contributed by atoms with van der Waals surface area (Å²) in [5.74, 6) is 0.880. The van der Waals surface area contributed by atoms with Crippen LogP contribution in [0.2, 0.25) is 0 Å². The van der Waals surface area contributed by atoms with Gasteiger partial charge in [0.2, 0.25) is 5.95 Å². The van der Waals surface area contributed by atoms with E-state index in [1.54, 1.807) is 25.4 Å². The summed E-state index contributed by atoms with van der Waals surface area (Å²) in [5, 5.41) is 6.50. The molecule has 6 nitrogen and oxygen atoms in total. The Morgan fingerprint density at radius 3 is 2.61 bits per heavy atom. The molecule has 0 bridgehead atoms. The van der Waals surface area contributed by atoms with Crippen LogP contribution in [-0.4, -0.2) is 47.0 Å². The van der Waals surface area contributed by atoms with E-state index in [1.165, 1.54) is 6.07 Å². The highest BCUT2D eigenvalue weighted by Crippen LogP contribution is 2.25. The third-order valence-electron chi connectivity index (χ3n) is 4.30. The molecule has 3 aromatic rings. The second kappa shape index (κ2) is 9.23. The van der Waals surface area contributed by atoms with E-state index in [0.717, 1.165) is 30.8 Å².